The van der Waals surface area contributed by atoms with Gasteiger partial charge in [0.05, 0.1) is 22.4 Å². The SMILES string of the molecule is Cc1cc(Oc2ccccc2)ccc1N1C(=O)NC2=C(C(=O)NC3CCCN(C(=O)CC#N)C3)SC3NCCC1C23. The minimum atomic E-state index is -0.250. The van der Waals surface area contributed by atoms with Crippen LogP contribution in [-0.2, 0) is 9.59 Å². The molecule has 0 bridgehead atoms. The summed E-state index contributed by atoms with van der Waals surface area (Å²) in [6.45, 7) is 3.69. The molecule has 10 nitrogen and oxygen atoms in total. The molecule has 4 heterocycles. The highest BCUT2D eigenvalue weighted by molar-refractivity contribution is 8.04. The van der Waals surface area contributed by atoms with Gasteiger partial charge in [-0.15, -0.1) is 0 Å². The van der Waals surface area contributed by atoms with Gasteiger partial charge in [0.2, 0.25) is 5.91 Å². The lowest BCUT2D eigenvalue weighted by molar-refractivity contribution is -0.132. The summed E-state index contributed by atoms with van der Waals surface area (Å²) in [5.41, 5.74) is 2.42. The van der Waals surface area contributed by atoms with E-state index in [1.54, 1.807) is 4.90 Å². The molecule has 212 valence electrons. The molecule has 0 radical (unpaired) electrons. The Kier molecular flexibility index (Phi) is 7.60. The number of hydrogen-bond acceptors (Lipinski definition) is 7. The number of hydrogen-bond donors (Lipinski definition) is 3. The van der Waals surface area contributed by atoms with Gasteiger partial charge in [-0.05, 0) is 68.6 Å². The lowest BCUT2D eigenvalue weighted by Gasteiger charge is -2.46. The second-order valence-corrected chi connectivity index (χ2v) is 11.9. The van der Waals surface area contributed by atoms with Crippen molar-refractivity contribution in [3.05, 3.63) is 64.7 Å². The highest BCUT2D eigenvalue weighted by Crippen LogP contribution is 2.48. The molecule has 4 aliphatic heterocycles. The highest BCUT2D eigenvalue weighted by Gasteiger charge is 2.52. The van der Waals surface area contributed by atoms with E-state index < -0.39 is 0 Å². The van der Waals surface area contributed by atoms with Crippen LogP contribution in [0.1, 0.15) is 31.2 Å². The van der Waals surface area contributed by atoms with E-state index in [2.05, 4.69) is 16.0 Å². The summed E-state index contributed by atoms with van der Waals surface area (Å²) in [5.74, 6) is 0.939. The molecular weight excluding hydrogens is 540 g/mol. The van der Waals surface area contributed by atoms with Gasteiger partial charge in [0.1, 0.15) is 17.9 Å². The number of amides is 4. The van der Waals surface area contributed by atoms with Crippen molar-refractivity contribution in [2.45, 2.75) is 50.1 Å². The summed E-state index contributed by atoms with van der Waals surface area (Å²) in [4.78, 5) is 43.4. The van der Waals surface area contributed by atoms with Crippen LogP contribution in [0.15, 0.2) is 59.1 Å². The van der Waals surface area contributed by atoms with Crippen molar-refractivity contribution >= 4 is 35.3 Å². The Morgan fingerprint density at radius 3 is 2.78 bits per heavy atom. The molecule has 3 saturated heterocycles. The Labute approximate surface area is 243 Å². The van der Waals surface area contributed by atoms with Crippen LogP contribution in [-0.4, -0.2) is 59.8 Å². The van der Waals surface area contributed by atoms with E-state index in [-0.39, 0.29) is 47.6 Å². The van der Waals surface area contributed by atoms with Crippen molar-refractivity contribution in [2.75, 3.05) is 24.5 Å². The largest absolute Gasteiger partial charge is 0.457 e. The predicted octanol–water partition coefficient (Wildman–Crippen LogP) is 3.60. The van der Waals surface area contributed by atoms with E-state index >= 15 is 0 Å². The number of thioether (sulfide) groups is 1. The van der Waals surface area contributed by atoms with Crippen molar-refractivity contribution in [2.24, 2.45) is 5.92 Å². The number of rotatable bonds is 6. The molecule has 4 atom stereocenters. The number of benzene rings is 2. The van der Waals surface area contributed by atoms with E-state index in [4.69, 9.17) is 10.00 Å². The van der Waals surface area contributed by atoms with Crippen LogP contribution >= 0.6 is 11.8 Å². The van der Waals surface area contributed by atoms with Gasteiger partial charge in [-0.3, -0.25) is 14.5 Å². The molecule has 0 aliphatic carbocycles. The van der Waals surface area contributed by atoms with Gasteiger partial charge in [0, 0.05) is 36.4 Å². The summed E-state index contributed by atoms with van der Waals surface area (Å²) in [6, 6.07) is 16.7. The minimum Gasteiger partial charge on any atom is -0.457 e. The van der Waals surface area contributed by atoms with Crippen molar-refractivity contribution in [3.8, 4) is 17.6 Å². The first-order chi connectivity index (χ1) is 19.9. The number of nitrogens with one attached hydrogen (secondary N) is 3. The third-order valence-corrected chi connectivity index (χ3v) is 9.45. The second kappa shape index (κ2) is 11.5. The van der Waals surface area contributed by atoms with Gasteiger partial charge in [-0.2, -0.15) is 5.26 Å². The number of likely N-dealkylation sites (tertiary alicyclic amines) is 1. The predicted molar refractivity (Wildman–Crippen MR) is 155 cm³/mol. The zero-order valence-corrected chi connectivity index (χ0v) is 23.6. The van der Waals surface area contributed by atoms with E-state index in [0.29, 0.717) is 29.4 Å². The van der Waals surface area contributed by atoms with Gasteiger partial charge < -0.3 is 25.6 Å². The standard InChI is InChI=1S/C30H32N6O4S/c1-18-16-21(40-20-7-3-2-4-8-20)9-10-22(18)36-23-12-14-32-29-25(23)26(34-30(36)39)27(41-29)28(38)33-19-6-5-15-35(17-19)24(37)11-13-31/h2-4,7-10,16,19,23,25,29,32H,5-6,11-12,14-15,17H2,1H3,(H,33,38)(H,34,39). The van der Waals surface area contributed by atoms with Crippen LogP contribution in [0.5, 0.6) is 11.5 Å². The number of carbonyl (C=O) groups excluding carboxylic acids is 3. The Balaban J connectivity index is 1.20. The Morgan fingerprint density at radius 1 is 1.17 bits per heavy atom. The first-order valence-electron chi connectivity index (χ1n) is 14.0. The Hall–Kier alpha value is -4.01. The fraction of sp³-hybridized carbons (Fsp3) is 0.400. The normalized spacial score (nSPS) is 25.2. The number of urea groups is 1. The molecule has 0 saturated carbocycles. The van der Waals surface area contributed by atoms with Crippen LogP contribution in [0.25, 0.3) is 0 Å². The van der Waals surface area contributed by atoms with Crippen LogP contribution in [0.4, 0.5) is 10.5 Å². The number of para-hydroxylation sites is 1. The fourth-order valence-corrected chi connectivity index (χ4v) is 7.64. The van der Waals surface area contributed by atoms with Crippen molar-refractivity contribution < 1.29 is 19.1 Å². The summed E-state index contributed by atoms with van der Waals surface area (Å²) >= 11 is 1.46. The third-order valence-electron chi connectivity index (χ3n) is 8.09. The smallest absolute Gasteiger partial charge is 0.326 e. The van der Waals surface area contributed by atoms with Gasteiger partial charge in [0.25, 0.3) is 5.91 Å². The van der Waals surface area contributed by atoms with Crippen molar-refractivity contribution in [3.63, 3.8) is 0 Å². The Morgan fingerprint density at radius 2 is 2.00 bits per heavy atom. The Bertz CT molecular complexity index is 1440. The molecule has 41 heavy (non-hydrogen) atoms. The topological polar surface area (TPSA) is 127 Å². The number of piperidine rings is 2. The number of aryl methyl sites for hydroxylation is 1. The van der Waals surface area contributed by atoms with Gasteiger partial charge in [-0.25, -0.2) is 4.79 Å². The van der Waals surface area contributed by atoms with Gasteiger partial charge in [0.15, 0.2) is 0 Å². The number of anilines is 1. The molecule has 0 spiro atoms. The van der Waals surface area contributed by atoms with E-state index in [9.17, 15) is 14.4 Å². The number of ether oxygens (including phenoxy) is 1. The van der Waals surface area contributed by atoms with Crippen molar-refractivity contribution in [1.29, 1.82) is 5.26 Å². The molecule has 4 amide bonds. The minimum absolute atomic E-state index is 0.0337. The quantitative estimate of drug-likeness (QED) is 0.483. The first-order valence-corrected chi connectivity index (χ1v) is 14.8. The summed E-state index contributed by atoms with van der Waals surface area (Å²) in [5, 5.41) is 18.5. The van der Waals surface area contributed by atoms with Crippen molar-refractivity contribution in [1.82, 2.24) is 20.9 Å². The summed E-state index contributed by atoms with van der Waals surface area (Å²) < 4.78 is 5.99. The maximum atomic E-state index is 13.6. The molecule has 4 aliphatic rings. The monoisotopic (exact) mass is 572 g/mol. The molecule has 6 rings (SSSR count). The fourth-order valence-electron chi connectivity index (χ4n) is 6.24. The van der Waals surface area contributed by atoms with Gasteiger partial charge in [-0.1, -0.05) is 30.0 Å². The van der Waals surface area contributed by atoms with Crippen LogP contribution < -0.4 is 25.6 Å². The number of nitriles is 1. The lowest BCUT2D eigenvalue weighted by atomic mass is 9.86. The first kappa shape index (κ1) is 27.2. The van der Waals surface area contributed by atoms with Crippen LogP contribution in [0, 0.1) is 24.2 Å². The molecule has 4 unspecified atom stereocenters. The lowest BCUT2D eigenvalue weighted by Crippen LogP contribution is -2.62. The van der Waals surface area contributed by atoms with Gasteiger partial charge >= 0.3 is 6.03 Å². The number of carbonyl (C=O) groups is 3. The average Bonchev–Trinajstić information content (AvgIpc) is 3.34. The highest BCUT2D eigenvalue weighted by atomic mass is 32.2. The molecule has 0 aromatic heterocycles. The molecule has 2 aromatic carbocycles. The second-order valence-electron chi connectivity index (χ2n) is 10.8. The molecule has 3 N–H and O–H groups in total. The average molecular weight is 573 g/mol. The summed E-state index contributed by atoms with van der Waals surface area (Å²) in [6.07, 6.45) is 2.11. The van der Waals surface area contributed by atoms with E-state index in [1.807, 2.05) is 66.4 Å². The summed E-state index contributed by atoms with van der Waals surface area (Å²) in [7, 11) is 0. The number of nitrogens with zero attached hydrogens (tertiary/aromatic N) is 3. The molecule has 3 fully saturated rings. The molecular formula is C30H32N6O4S. The maximum Gasteiger partial charge on any atom is 0.326 e. The van der Waals surface area contributed by atoms with E-state index in [0.717, 1.165) is 42.8 Å². The molecule has 11 heteroatoms. The zero-order valence-electron chi connectivity index (χ0n) is 22.8. The van der Waals surface area contributed by atoms with Crippen LogP contribution in [0.2, 0.25) is 0 Å². The van der Waals surface area contributed by atoms with Crippen LogP contribution in [0.3, 0.4) is 0 Å². The van der Waals surface area contributed by atoms with E-state index in [1.165, 1.54) is 11.8 Å². The maximum absolute atomic E-state index is 13.6. The zero-order chi connectivity index (χ0) is 28.5. The third kappa shape index (κ3) is 5.37. The molecule has 2 aromatic rings.